The number of likely N-dealkylation sites (tertiary alicyclic amines) is 1. The highest BCUT2D eigenvalue weighted by Crippen LogP contribution is 2.39. The predicted octanol–water partition coefficient (Wildman–Crippen LogP) is 4.03. The Morgan fingerprint density at radius 1 is 1.26 bits per heavy atom. The van der Waals surface area contributed by atoms with E-state index in [-0.39, 0.29) is 5.54 Å². The van der Waals surface area contributed by atoms with E-state index >= 15 is 0 Å². The van der Waals surface area contributed by atoms with Gasteiger partial charge in [-0.15, -0.1) is 11.3 Å². The Balaban J connectivity index is 1.77. The van der Waals surface area contributed by atoms with Crippen LogP contribution in [0.1, 0.15) is 43.4 Å². The summed E-state index contributed by atoms with van der Waals surface area (Å²) in [6, 6.07) is 2.09. The fourth-order valence-corrected chi connectivity index (χ4v) is 5.10. The Morgan fingerprint density at radius 2 is 1.95 bits per heavy atom. The first-order chi connectivity index (χ1) is 9.21. The molecule has 2 fully saturated rings. The first-order valence-electron chi connectivity index (χ1n) is 7.22. The Kier molecular flexibility index (Phi) is 4.11. The van der Waals surface area contributed by atoms with Gasteiger partial charge in [-0.05, 0) is 60.8 Å². The maximum absolute atomic E-state index is 12.9. The molecule has 2 heterocycles. The maximum atomic E-state index is 12.9. The van der Waals surface area contributed by atoms with Crippen molar-refractivity contribution >= 4 is 33.0 Å². The van der Waals surface area contributed by atoms with Crippen LogP contribution in [0.25, 0.3) is 0 Å². The van der Waals surface area contributed by atoms with Crippen LogP contribution in [0.2, 0.25) is 0 Å². The molecule has 0 N–H and O–H groups in total. The van der Waals surface area contributed by atoms with Crippen LogP contribution in [-0.2, 0) is 11.2 Å². The van der Waals surface area contributed by atoms with Crippen LogP contribution in [0.5, 0.6) is 0 Å². The highest BCUT2D eigenvalue weighted by molar-refractivity contribution is 9.10. The highest BCUT2D eigenvalue weighted by Gasteiger charge is 2.46. The van der Waals surface area contributed by atoms with E-state index in [1.807, 2.05) is 0 Å². The summed E-state index contributed by atoms with van der Waals surface area (Å²) in [5.74, 6) is 0.459. The lowest BCUT2D eigenvalue weighted by Gasteiger charge is -2.37. The molecule has 2 aliphatic rings. The van der Waals surface area contributed by atoms with Crippen LogP contribution < -0.4 is 0 Å². The minimum atomic E-state index is -0.118. The fraction of sp³-hybridized carbons (Fsp3) is 0.667. The molecule has 0 atom stereocenters. The van der Waals surface area contributed by atoms with Crippen LogP contribution in [0.4, 0.5) is 0 Å². The summed E-state index contributed by atoms with van der Waals surface area (Å²) < 4.78 is 1.10. The molecule has 0 unspecified atom stereocenters. The van der Waals surface area contributed by atoms with Crippen molar-refractivity contribution in [2.45, 2.75) is 50.5 Å². The fourth-order valence-electron chi connectivity index (χ4n) is 3.65. The number of hydrogen-bond acceptors (Lipinski definition) is 3. The van der Waals surface area contributed by atoms with Crippen molar-refractivity contribution in [3.8, 4) is 0 Å². The SMILES string of the molecule is O=C(Cc1cc(Br)cs1)C1(N2CCCC2)CCCC1. The molecule has 0 aromatic carbocycles. The van der Waals surface area contributed by atoms with Gasteiger partial charge in [-0.2, -0.15) is 0 Å². The predicted molar refractivity (Wildman–Crippen MR) is 82.7 cm³/mol. The molecule has 0 bridgehead atoms. The average Bonchev–Trinajstić information content (AvgIpc) is 3.09. The van der Waals surface area contributed by atoms with Gasteiger partial charge in [0.25, 0.3) is 0 Å². The van der Waals surface area contributed by atoms with Gasteiger partial charge in [0.2, 0.25) is 0 Å². The van der Waals surface area contributed by atoms with E-state index in [1.54, 1.807) is 11.3 Å². The van der Waals surface area contributed by atoms with Crippen molar-refractivity contribution in [2.24, 2.45) is 0 Å². The topological polar surface area (TPSA) is 20.3 Å². The van der Waals surface area contributed by atoms with Crippen molar-refractivity contribution in [3.05, 3.63) is 20.8 Å². The molecule has 1 aromatic heterocycles. The van der Waals surface area contributed by atoms with E-state index in [4.69, 9.17) is 0 Å². The van der Waals surface area contributed by atoms with Crippen molar-refractivity contribution in [1.82, 2.24) is 4.90 Å². The number of nitrogens with zero attached hydrogens (tertiary/aromatic N) is 1. The number of hydrogen-bond donors (Lipinski definition) is 0. The number of rotatable bonds is 4. The van der Waals surface area contributed by atoms with Gasteiger partial charge >= 0.3 is 0 Å². The third-order valence-electron chi connectivity index (χ3n) is 4.62. The molecule has 0 radical (unpaired) electrons. The van der Waals surface area contributed by atoms with Gasteiger partial charge in [0.05, 0.1) is 5.54 Å². The van der Waals surface area contributed by atoms with Gasteiger partial charge in [0.1, 0.15) is 0 Å². The minimum Gasteiger partial charge on any atom is -0.297 e. The summed E-state index contributed by atoms with van der Waals surface area (Å²) in [6.07, 6.45) is 7.75. The summed E-state index contributed by atoms with van der Waals surface area (Å²) in [6.45, 7) is 2.25. The van der Waals surface area contributed by atoms with Gasteiger partial charge in [0, 0.05) is 21.2 Å². The molecule has 0 spiro atoms. The molecule has 1 aliphatic carbocycles. The van der Waals surface area contributed by atoms with Gasteiger partial charge in [-0.1, -0.05) is 12.8 Å². The first kappa shape index (κ1) is 13.8. The molecular formula is C15H20BrNOS. The number of ketones is 1. The Labute approximate surface area is 127 Å². The second-order valence-corrected chi connectivity index (χ2v) is 7.68. The van der Waals surface area contributed by atoms with Crippen LogP contribution in [0.15, 0.2) is 15.9 Å². The summed E-state index contributed by atoms with van der Waals surface area (Å²) in [5, 5.41) is 2.07. The lowest BCUT2D eigenvalue weighted by atomic mass is 9.88. The highest BCUT2D eigenvalue weighted by atomic mass is 79.9. The van der Waals surface area contributed by atoms with Crippen LogP contribution in [0.3, 0.4) is 0 Å². The number of halogens is 1. The Morgan fingerprint density at radius 3 is 2.53 bits per heavy atom. The van der Waals surface area contributed by atoms with Crippen molar-refractivity contribution in [1.29, 1.82) is 0 Å². The van der Waals surface area contributed by atoms with E-state index in [1.165, 1.54) is 30.6 Å². The first-order valence-corrected chi connectivity index (χ1v) is 8.89. The third kappa shape index (κ3) is 2.67. The summed E-state index contributed by atoms with van der Waals surface area (Å²) >= 11 is 5.17. The molecule has 1 saturated heterocycles. The standard InChI is InChI=1S/C15H20BrNOS/c16-12-9-13(19-11-12)10-14(18)15(5-1-2-6-15)17-7-3-4-8-17/h9,11H,1-8,10H2. The second kappa shape index (κ2) is 5.66. The number of carbonyl (C=O) groups is 1. The molecule has 4 heteroatoms. The van der Waals surface area contributed by atoms with Crippen molar-refractivity contribution in [2.75, 3.05) is 13.1 Å². The normalized spacial score (nSPS) is 23.0. The molecule has 1 saturated carbocycles. The van der Waals surface area contributed by atoms with Gasteiger partial charge in [0.15, 0.2) is 5.78 Å². The summed E-state index contributed by atoms with van der Waals surface area (Å²) in [4.78, 5) is 16.6. The smallest absolute Gasteiger partial charge is 0.158 e. The molecule has 19 heavy (non-hydrogen) atoms. The molecule has 1 aromatic rings. The minimum absolute atomic E-state index is 0.118. The third-order valence-corrected chi connectivity index (χ3v) is 6.32. The number of carbonyl (C=O) groups excluding carboxylic acids is 1. The van der Waals surface area contributed by atoms with E-state index in [0.29, 0.717) is 12.2 Å². The van der Waals surface area contributed by atoms with Gasteiger partial charge in [-0.3, -0.25) is 9.69 Å². The second-order valence-electron chi connectivity index (χ2n) is 5.76. The number of thiophene rings is 1. The van der Waals surface area contributed by atoms with Crippen LogP contribution in [0, 0.1) is 0 Å². The maximum Gasteiger partial charge on any atom is 0.158 e. The molecular weight excluding hydrogens is 322 g/mol. The van der Waals surface area contributed by atoms with E-state index < -0.39 is 0 Å². The molecule has 0 amide bonds. The van der Waals surface area contributed by atoms with Crippen molar-refractivity contribution < 1.29 is 4.79 Å². The van der Waals surface area contributed by atoms with Crippen LogP contribution >= 0.6 is 27.3 Å². The monoisotopic (exact) mass is 341 g/mol. The van der Waals surface area contributed by atoms with Crippen LogP contribution in [-0.4, -0.2) is 29.3 Å². The zero-order chi connectivity index (χ0) is 13.3. The number of Topliss-reactive ketones (excluding diaryl/α,β-unsaturated/α-hetero) is 1. The quantitative estimate of drug-likeness (QED) is 0.823. The lowest BCUT2D eigenvalue weighted by molar-refractivity contribution is -0.129. The Hall–Kier alpha value is -0.190. The van der Waals surface area contributed by atoms with E-state index in [0.717, 1.165) is 30.4 Å². The van der Waals surface area contributed by atoms with Gasteiger partial charge in [-0.25, -0.2) is 0 Å². The average molecular weight is 342 g/mol. The lowest BCUT2D eigenvalue weighted by Crippen LogP contribution is -2.52. The van der Waals surface area contributed by atoms with E-state index in [2.05, 4.69) is 32.3 Å². The largest absolute Gasteiger partial charge is 0.297 e. The molecule has 104 valence electrons. The van der Waals surface area contributed by atoms with Gasteiger partial charge < -0.3 is 0 Å². The Bertz CT molecular complexity index is 458. The summed E-state index contributed by atoms with van der Waals surface area (Å²) in [5.41, 5.74) is -0.118. The zero-order valence-electron chi connectivity index (χ0n) is 11.2. The molecule has 2 nitrogen and oxygen atoms in total. The van der Waals surface area contributed by atoms with Crippen molar-refractivity contribution in [3.63, 3.8) is 0 Å². The summed E-state index contributed by atoms with van der Waals surface area (Å²) in [7, 11) is 0. The molecule has 1 aliphatic heterocycles. The molecule has 3 rings (SSSR count). The zero-order valence-corrected chi connectivity index (χ0v) is 13.6. The van der Waals surface area contributed by atoms with E-state index in [9.17, 15) is 4.79 Å².